The zero-order chi connectivity index (χ0) is 11.4. The van der Waals surface area contributed by atoms with Crippen LogP contribution in [0.2, 0.25) is 0 Å². The Morgan fingerprint density at radius 1 is 1.38 bits per heavy atom. The van der Waals surface area contributed by atoms with Gasteiger partial charge < -0.3 is 15.6 Å². The average molecular weight is 220 g/mol. The van der Waals surface area contributed by atoms with E-state index in [-0.39, 0.29) is 0 Å². The standard InChI is InChI=1S/C12H16N2O2/c13-6-5-11(15)9-1-3-10(4-2-9)12-14-7-8-16-12/h1-4,11,15H,5-8,13H2. The van der Waals surface area contributed by atoms with Gasteiger partial charge in [0.2, 0.25) is 5.90 Å². The monoisotopic (exact) mass is 220 g/mol. The molecule has 2 rings (SSSR count). The molecule has 3 N–H and O–H groups in total. The molecule has 0 fully saturated rings. The lowest BCUT2D eigenvalue weighted by molar-refractivity contribution is 0.170. The Balaban J connectivity index is 2.09. The van der Waals surface area contributed by atoms with Crippen molar-refractivity contribution in [3.05, 3.63) is 35.4 Å². The highest BCUT2D eigenvalue weighted by Crippen LogP contribution is 2.17. The molecule has 0 radical (unpaired) electrons. The molecule has 1 aliphatic heterocycles. The first-order valence-electron chi connectivity index (χ1n) is 5.47. The van der Waals surface area contributed by atoms with Crippen LogP contribution >= 0.6 is 0 Å². The van der Waals surface area contributed by atoms with Gasteiger partial charge in [0.15, 0.2) is 0 Å². The highest BCUT2D eigenvalue weighted by Gasteiger charge is 2.11. The summed E-state index contributed by atoms with van der Waals surface area (Å²) in [6.07, 6.45) is 0.0991. The summed E-state index contributed by atoms with van der Waals surface area (Å²) in [6.45, 7) is 1.87. The van der Waals surface area contributed by atoms with E-state index in [0.717, 1.165) is 17.7 Å². The van der Waals surface area contributed by atoms with Crippen LogP contribution in [0, 0.1) is 0 Å². The highest BCUT2D eigenvalue weighted by atomic mass is 16.5. The Labute approximate surface area is 94.8 Å². The van der Waals surface area contributed by atoms with Crippen molar-refractivity contribution < 1.29 is 9.84 Å². The van der Waals surface area contributed by atoms with Gasteiger partial charge in [-0.25, -0.2) is 4.99 Å². The van der Waals surface area contributed by atoms with Crippen molar-refractivity contribution >= 4 is 5.90 Å². The number of hydrogen-bond donors (Lipinski definition) is 2. The largest absolute Gasteiger partial charge is 0.476 e. The number of nitrogens with two attached hydrogens (primary N) is 1. The Kier molecular flexibility index (Phi) is 3.54. The molecule has 0 aromatic heterocycles. The zero-order valence-electron chi connectivity index (χ0n) is 9.10. The number of aliphatic hydroxyl groups is 1. The number of benzene rings is 1. The lowest BCUT2D eigenvalue weighted by Gasteiger charge is -2.10. The molecule has 0 amide bonds. The van der Waals surface area contributed by atoms with Crippen LogP contribution < -0.4 is 5.73 Å². The van der Waals surface area contributed by atoms with Crippen molar-refractivity contribution in [3.63, 3.8) is 0 Å². The molecule has 86 valence electrons. The normalized spacial score (nSPS) is 16.8. The molecule has 0 saturated carbocycles. The molecule has 0 bridgehead atoms. The van der Waals surface area contributed by atoms with Crippen molar-refractivity contribution in [1.82, 2.24) is 0 Å². The molecular formula is C12H16N2O2. The Morgan fingerprint density at radius 3 is 2.69 bits per heavy atom. The number of hydrogen-bond acceptors (Lipinski definition) is 4. The molecule has 1 aromatic carbocycles. The predicted molar refractivity (Wildman–Crippen MR) is 62.4 cm³/mol. The molecule has 1 unspecified atom stereocenters. The molecule has 1 aromatic rings. The lowest BCUT2D eigenvalue weighted by Crippen LogP contribution is -2.07. The molecule has 1 atom stereocenters. The first-order chi connectivity index (χ1) is 7.81. The quantitative estimate of drug-likeness (QED) is 0.790. The highest BCUT2D eigenvalue weighted by molar-refractivity contribution is 5.94. The van der Waals surface area contributed by atoms with Crippen LogP contribution in [0.3, 0.4) is 0 Å². The Morgan fingerprint density at radius 2 is 2.12 bits per heavy atom. The number of rotatable bonds is 4. The minimum Gasteiger partial charge on any atom is -0.476 e. The van der Waals surface area contributed by atoms with Crippen molar-refractivity contribution in [2.45, 2.75) is 12.5 Å². The number of nitrogens with zero attached hydrogens (tertiary/aromatic N) is 1. The van der Waals surface area contributed by atoms with Crippen LogP contribution in [0.1, 0.15) is 23.7 Å². The molecule has 4 nitrogen and oxygen atoms in total. The Bertz CT molecular complexity index is 373. The summed E-state index contributed by atoms with van der Waals surface area (Å²) in [4.78, 5) is 4.23. The van der Waals surface area contributed by atoms with Gasteiger partial charge in [-0.05, 0) is 30.7 Å². The fourth-order valence-corrected chi connectivity index (χ4v) is 1.68. The molecule has 1 heterocycles. The van der Waals surface area contributed by atoms with Crippen molar-refractivity contribution in [3.8, 4) is 0 Å². The topological polar surface area (TPSA) is 67.8 Å². The van der Waals surface area contributed by atoms with E-state index in [9.17, 15) is 5.11 Å². The summed E-state index contributed by atoms with van der Waals surface area (Å²) in [6, 6.07) is 7.61. The third-order valence-corrected chi connectivity index (χ3v) is 2.57. The molecule has 0 saturated heterocycles. The first kappa shape index (κ1) is 11.1. The lowest BCUT2D eigenvalue weighted by atomic mass is 10.0. The maximum Gasteiger partial charge on any atom is 0.216 e. The van der Waals surface area contributed by atoms with Gasteiger partial charge in [0.1, 0.15) is 6.61 Å². The Hall–Kier alpha value is -1.39. The van der Waals surface area contributed by atoms with Crippen LogP contribution in [-0.2, 0) is 4.74 Å². The van der Waals surface area contributed by atoms with E-state index in [2.05, 4.69) is 4.99 Å². The van der Waals surface area contributed by atoms with Crippen LogP contribution in [0.5, 0.6) is 0 Å². The SMILES string of the molecule is NCCC(O)c1ccc(C2=NCCO2)cc1. The molecule has 1 aliphatic rings. The van der Waals surface area contributed by atoms with Gasteiger partial charge >= 0.3 is 0 Å². The zero-order valence-corrected chi connectivity index (χ0v) is 9.10. The van der Waals surface area contributed by atoms with E-state index in [1.165, 1.54) is 0 Å². The predicted octanol–water partition coefficient (Wildman–Crippen LogP) is 0.846. The second-order valence-corrected chi connectivity index (χ2v) is 3.75. The second kappa shape index (κ2) is 5.09. The van der Waals surface area contributed by atoms with Crippen molar-refractivity contribution in [1.29, 1.82) is 0 Å². The second-order valence-electron chi connectivity index (χ2n) is 3.75. The molecule has 0 aliphatic carbocycles. The maximum absolute atomic E-state index is 9.74. The summed E-state index contributed by atoms with van der Waals surface area (Å²) in [5.41, 5.74) is 7.24. The van der Waals surface area contributed by atoms with Crippen LogP contribution in [0.25, 0.3) is 0 Å². The van der Waals surface area contributed by atoms with E-state index < -0.39 is 6.10 Å². The third kappa shape index (κ3) is 2.40. The van der Waals surface area contributed by atoms with Gasteiger partial charge in [0.05, 0.1) is 12.6 Å². The van der Waals surface area contributed by atoms with E-state index in [1.807, 2.05) is 24.3 Å². The van der Waals surface area contributed by atoms with Gasteiger partial charge in [-0.1, -0.05) is 12.1 Å². The van der Waals surface area contributed by atoms with Crippen LogP contribution in [0.4, 0.5) is 0 Å². The minimum atomic E-state index is -0.481. The summed E-state index contributed by atoms with van der Waals surface area (Å²) in [7, 11) is 0. The van der Waals surface area contributed by atoms with Crippen molar-refractivity contribution in [2.75, 3.05) is 19.7 Å². The van der Waals surface area contributed by atoms with Gasteiger partial charge in [-0.15, -0.1) is 0 Å². The fourth-order valence-electron chi connectivity index (χ4n) is 1.68. The minimum absolute atomic E-state index is 0.481. The van der Waals surface area contributed by atoms with E-state index in [1.54, 1.807) is 0 Å². The van der Waals surface area contributed by atoms with E-state index >= 15 is 0 Å². The van der Waals surface area contributed by atoms with Crippen LogP contribution in [-0.4, -0.2) is 30.7 Å². The summed E-state index contributed by atoms with van der Waals surface area (Å²) in [5.74, 6) is 0.694. The number of ether oxygens (including phenoxy) is 1. The fraction of sp³-hybridized carbons (Fsp3) is 0.417. The van der Waals surface area contributed by atoms with Gasteiger partial charge in [-0.3, -0.25) is 0 Å². The van der Waals surface area contributed by atoms with E-state index in [4.69, 9.17) is 10.5 Å². The molecular weight excluding hydrogens is 204 g/mol. The summed E-state index contributed by atoms with van der Waals surface area (Å²) in [5, 5.41) is 9.74. The van der Waals surface area contributed by atoms with Gasteiger partial charge in [-0.2, -0.15) is 0 Å². The molecule has 16 heavy (non-hydrogen) atoms. The van der Waals surface area contributed by atoms with E-state index in [0.29, 0.717) is 25.5 Å². The number of aliphatic imine (C=N–C) groups is 1. The first-order valence-corrected chi connectivity index (χ1v) is 5.47. The maximum atomic E-state index is 9.74. The smallest absolute Gasteiger partial charge is 0.216 e. The van der Waals surface area contributed by atoms with Crippen LogP contribution in [0.15, 0.2) is 29.3 Å². The number of aliphatic hydroxyl groups excluding tert-OH is 1. The van der Waals surface area contributed by atoms with Gasteiger partial charge in [0, 0.05) is 5.56 Å². The third-order valence-electron chi connectivity index (χ3n) is 2.57. The molecule has 4 heteroatoms. The average Bonchev–Trinajstić information content (AvgIpc) is 2.83. The van der Waals surface area contributed by atoms with Gasteiger partial charge in [0.25, 0.3) is 0 Å². The van der Waals surface area contributed by atoms with Crippen molar-refractivity contribution in [2.24, 2.45) is 10.7 Å². The molecule has 0 spiro atoms. The summed E-state index contributed by atoms with van der Waals surface area (Å²) >= 11 is 0. The summed E-state index contributed by atoms with van der Waals surface area (Å²) < 4.78 is 5.35.